The smallest absolute Gasteiger partial charge is 0.240 e. The van der Waals surface area contributed by atoms with Crippen LogP contribution in [0.15, 0.2) is 16.8 Å². The number of nitrogens with zero attached hydrogens (tertiary/aromatic N) is 1. The maximum Gasteiger partial charge on any atom is 0.240 e. The van der Waals surface area contributed by atoms with Crippen LogP contribution in [0.25, 0.3) is 0 Å². The zero-order valence-electron chi connectivity index (χ0n) is 9.24. The molecular formula is C11H17N3O2. The number of carbonyl (C=O) groups is 1. The maximum atomic E-state index is 11.9. The molecule has 3 N–H and O–H groups in total. The summed E-state index contributed by atoms with van der Waals surface area (Å²) in [6.07, 6.45) is 6.34. The molecule has 2 rings (SSSR count). The maximum absolute atomic E-state index is 11.9. The van der Waals surface area contributed by atoms with E-state index in [-0.39, 0.29) is 5.91 Å². The number of nitrogens with one attached hydrogen (secondary N) is 1. The van der Waals surface area contributed by atoms with Crippen molar-refractivity contribution in [2.75, 3.05) is 0 Å². The molecule has 0 radical (unpaired) electrons. The van der Waals surface area contributed by atoms with Crippen molar-refractivity contribution in [3.63, 3.8) is 0 Å². The molecule has 0 aromatic carbocycles. The second-order valence-corrected chi connectivity index (χ2v) is 4.38. The van der Waals surface area contributed by atoms with Crippen molar-refractivity contribution in [1.29, 1.82) is 0 Å². The van der Waals surface area contributed by atoms with Gasteiger partial charge in [-0.15, -0.1) is 0 Å². The summed E-state index contributed by atoms with van der Waals surface area (Å²) in [5.41, 5.74) is 5.40. The highest BCUT2D eigenvalue weighted by Gasteiger charge is 2.34. The molecule has 0 bridgehead atoms. The minimum Gasteiger partial charge on any atom is -0.360 e. The largest absolute Gasteiger partial charge is 0.360 e. The lowest BCUT2D eigenvalue weighted by atomic mass is 9.82. The lowest BCUT2D eigenvalue weighted by Crippen LogP contribution is -2.54. The van der Waals surface area contributed by atoms with Gasteiger partial charge in [0, 0.05) is 6.07 Å². The average molecular weight is 223 g/mol. The molecule has 16 heavy (non-hydrogen) atoms. The summed E-state index contributed by atoms with van der Waals surface area (Å²) in [6, 6.07) is 1.73. The highest BCUT2D eigenvalue weighted by Crippen LogP contribution is 2.25. The minimum absolute atomic E-state index is 0.0800. The van der Waals surface area contributed by atoms with Crippen LogP contribution in [0.5, 0.6) is 0 Å². The van der Waals surface area contributed by atoms with E-state index >= 15 is 0 Å². The summed E-state index contributed by atoms with van der Waals surface area (Å²) in [5, 5.41) is 6.37. The van der Waals surface area contributed by atoms with Gasteiger partial charge in [-0.2, -0.15) is 0 Å². The molecule has 0 aliphatic heterocycles. The van der Waals surface area contributed by atoms with Crippen LogP contribution in [-0.2, 0) is 11.3 Å². The molecule has 0 unspecified atom stereocenters. The molecule has 1 saturated carbocycles. The van der Waals surface area contributed by atoms with E-state index in [1.807, 2.05) is 0 Å². The van der Waals surface area contributed by atoms with Gasteiger partial charge in [0.2, 0.25) is 5.91 Å². The van der Waals surface area contributed by atoms with Crippen molar-refractivity contribution in [3.8, 4) is 0 Å². The minimum atomic E-state index is -0.682. The predicted octanol–water partition coefficient (Wildman–Crippen LogP) is 0.952. The zero-order chi connectivity index (χ0) is 11.4. The summed E-state index contributed by atoms with van der Waals surface area (Å²) in [5.74, 6) is 0.566. The molecule has 5 heteroatoms. The number of amides is 1. The van der Waals surface area contributed by atoms with Crippen molar-refractivity contribution in [1.82, 2.24) is 10.5 Å². The number of carbonyl (C=O) groups excluding carboxylic acids is 1. The fourth-order valence-corrected chi connectivity index (χ4v) is 2.09. The summed E-state index contributed by atoms with van der Waals surface area (Å²) in [6.45, 7) is 0.359. The van der Waals surface area contributed by atoms with E-state index in [1.54, 1.807) is 12.3 Å². The van der Waals surface area contributed by atoms with Crippen LogP contribution in [0, 0.1) is 0 Å². The van der Waals surface area contributed by atoms with E-state index in [0.29, 0.717) is 12.3 Å². The Labute approximate surface area is 94.4 Å². The predicted molar refractivity (Wildman–Crippen MR) is 58.4 cm³/mol. The third-order valence-electron chi connectivity index (χ3n) is 3.11. The van der Waals surface area contributed by atoms with Crippen molar-refractivity contribution in [3.05, 3.63) is 18.0 Å². The highest BCUT2D eigenvalue weighted by atomic mass is 16.5. The molecular weight excluding hydrogens is 206 g/mol. The van der Waals surface area contributed by atoms with E-state index in [0.717, 1.165) is 25.7 Å². The standard InChI is InChI=1S/C11H17N3O2/c12-11(5-2-1-3-6-11)10(15)13-8-9-4-7-14-16-9/h4,7H,1-3,5-6,8,12H2,(H,13,15). The highest BCUT2D eigenvalue weighted by molar-refractivity contribution is 5.86. The third-order valence-corrected chi connectivity index (χ3v) is 3.11. The monoisotopic (exact) mass is 223 g/mol. The Morgan fingerprint density at radius 1 is 1.50 bits per heavy atom. The van der Waals surface area contributed by atoms with Crippen molar-refractivity contribution < 1.29 is 9.32 Å². The molecule has 0 saturated heterocycles. The van der Waals surface area contributed by atoms with Crippen LogP contribution in [0.4, 0.5) is 0 Å². The van der Waals surface area contributed by atoms with Gasteiger partial charge in [-0.25, -0.2) is 0 Å². The van der Waals surface area contributed by atoms with E-state index in [9.17, 15) is 4.79 Å². The van der Waals surface area contributed by atoms with Crippen LogP contribution >= 0.6 is 0 Å². The van der Waals surface area contributed by atoms with Crippen LogP contribution in [0.3, 0.4) is 0 Å². The topological polar surface area (TPSA) is 81.2 Å². The first kappa shape index (κ1) is 11.1. The Balaban J connectivity index is 1.87. The normalized spacial score (nSPS) is 19.3. The fourth-order valence-electron chi connectivity index (χ4n) is 2.09. The van der Waals surface area contributed by atoms with Gasteiger partial charge in [0.15, 0.2) is 5.76 Å². The summed E-state index contributed by atoms with van der Waals surface area (Å²) >= 11 is 0. The first-order valence-corrected chi connectivity index (χ1v) is 5.67. The van der Waals surface area contributed by atoms with Gasteiger partial charge in [0.05, 0.1) is 18.3 Å². The van der Waals surface area contributed by atoms with E-state index in [2.05, 4.69) is 10.5 Å². The Bertz CT molecular complexity index is 342. The van der Waals surface area contributed by atoms with E-state index < -0.39 is 5.54 Å². The average Bonchev–Trinajstić information content (AvgIpc) is 2.79. The van der Waals surface area contributed by atoms with Crippen molar-refractivity contribution in [2.24, 2.45) is 5.73 Å². The Morgan fingerprint density at radius 2 is 2.25 bits per heavy atom. The SMILES string of the molecule is NC1(C(=O)NCc2ccno2)CCCCC1. The number of hydrogen-bond acceptors (Lipinski definition) is 4. The summed E-state index contributed by atoms with van der Waals surface area (Å²) in [4.78, 5) is 11.9. The molecule has 0 atom stereocenters. The first-order valence-electron chi connectivity index (χ1n) is 5.67. The molecule has 1 aromatic rings. The summed E-state index contributed by atoms with van der Waals surface area (Å²) in [7, 11) is 0. The molecule has 1 aliphatic rings. The number of aromatic nitrogens is 1. The van der Waals surface area contributed by atoms with Gasteiger partial charge >= 0.3 is 0 Å². The number of nitrogens with two attached hydrogens (primary N) is 1. The Hall–Kier alpha value is -1.36. The quantitative estimate of drug-likeness (QED) is 0.799. The van der Waals surface area contributed by atoms with Gasteiger partial charge in [-0.3, -0.25) is 4.79 Å². The van der Waals surface area contributed by atoms with Gasteiger partial charge in [0.25, 0.3) is 0 Å². The van der Waals surface area contributed by atoms with Gasteiger partial charge in [-0.05, 0) is 12.8 Å². The van der Waals surface area contributed by atoms with Crippen molar-refractivity contribution in [2.45, 2.75) is 44.2 Å². The molecule has 1 heterocycles. The van der Waals surface area contributed by atoms with Crippen LogP contribution < -0.4 is 11.1 Å². The van der Waals surface area contributed by atoms with Crippen LogP contribution in [0.1, 0.15) is 37.9 Å². The van der Waals surface area contributed by atoms with E-state index in [1.165, 1.54) is 6.42 Å². The van der Waals surface area contributed by atoms with Gasteiger partial charge < -0.3 is 15.6 Å². The Morgan fingerprint density at radius 3 is 2.88 bits per heavy atom. The zero-order valence-corrected chi connectivity index (χ0v) is 9.24. The second kappa shape index (κ2) is 4.65. The molecule has 1 aromatic heterocycles. The molecule has 1 aliphatic carbocycles. The second-order valence-electron chi connectivity index (χ2n) is 4.38. The molecule has 88 valence electrons. The van der Waals surface area contributed by atoms with E-state index in [4.69, 9.17) is 10.3 Å². The first-order chi connectivity index (χ1) is 7.71. The van der Waals surface area contributed by atoms with Crippen LogP contribution in [-0.4, -0.2) is 16.6 Å². The molecule has 5 nitrogen and oxygen atoms in total. The molecule has 1 fully saturated rings. The lowest BCUT2D eigenvalue weighted by molar-refractivity contribution is -0.127. The summed E-state index contributed by atoms with van der Waals surface area (Å²) < 4.78 is 4.90. The molecule has 0 spiro atoms. The molecule has 1 amide bonds. The third kappa shape index (κ3) is 2.41. The fraction of sp³-hybridized carbons (Fsp3) is 0.636. The lowest BCUT2D eigenvalue weighted by Gasteiger charge is -2.31. The Kier molecular flexibility index (Phi) is 3.24. The van der Waals surface area contributed by atoms with Gasteiger partial charge in [-0.1, -0.05) is 24.4 Å². The number of rotatable bonds is 3. The van der Waals surface area contributed by atoms with Crippen molar-refractivity contribution >= 4 is 5.91 Å². The van der Waals surface area contributed by atoms with Crippen LogP contribution in [0.2, 0.25) is 0 Å². The van der Waals surface area contributed by atoms with Gasteiger partial charge in [0.1, 0.15) is 0 Å². The number of hydrogen-bond donors (Lipinski definition) is 2.